The lowest BCUT2D eigenvalue weighted by atomic mass is 10.1. The van der Waals surface area contributed by atoms with Gasteiger partial charge in [0.25, 0.3) is 0 Å². The van der Waals surface area contributed by atoms with Gasteiger partial charge in [-0.25, -0.2) is 9.37 Å². The van der Waals surface area contributed by atoms with Gasteiger partial charge in [-0.3, -0.25) is 0 Å². The average Bonchev–Trinajstić information content (AvgIpc) is 2.42. The molecule has 1 heterocycles. The number of nitrogens with two attached hydrogens (primary N) is 1. The molecule has 0 saturated carbocycles. The summed E-state index contributed by atoms with van der Waals surface area (Å²) < 4.78 is 13.7. The molecule has 2 N–H and O–H groups in total. The van der Waals surface area contributed by atoms with Crippen molar-refractivity contribution in [2.45, 2.75) is 19.9 Å². The van der Waals surface area contributed by atoms with Crippen molar-refractivity contribution in [3.8, 4) is 0 Å². The second kappa shape index (κ2) is 6.48. The first-order chi connectivity index (χ1) is 9.61. The molecular formula is C16H20FN3. The van der Waals surface area contributed by atoms with E-state index in [2.05, 4.69) is 11.1 Å². The maximum absolute atomic E-state index is 13.7. The van der Waals surface area contributed by atoms with Crippen LogP contribution >= 0.6 is 0 Å². The van der Waals surface area contributed by atoms with Gasteiger partial charge in [-0.2, -0.15) is 0 Å². The van der Waals surface area contributed by atoms with Crippen molar-refractivity contribution in [2.75, 3.05) is 18.5 Å². The highest BCUT2D eigenvalue weighted by molar-refractivity contribution is 5.47. The molecule has 0 aliphatic carbocycles. The molecule has 0 amide bonds. The summed E-state index contributed by atoms with van der Waals surface area (Å²) >= 11 is 0. The number of pyridine rings is 1. The van der Waals surface area contributed by atoms with E-state index in [9.17, 15) is 4.39 Å². The summed E-state index contributed by atoms with van der Waals surface area (Å²) in [4.78, 5) is 6.43. The summed E-state index contributed by atoms with van der Waals surface area (Å²) in [7, 11) is 1.92. The Labute approximate surface area is 119 Å². The number of anilines is 1. The molecule has 0 unspecified atom stereocenters. The van der Waals surface area contributed by atoms with Crippen molar-refractivity contribution in [1.82, 2.24) is 4.98 Å². The van der Waals surface area contributed by atoms with Crippen molar-refractivity contribution in [2.24, 2.45) is 5.73 Å². The number of rotatable bonds is 5. The van der Waals surface area contributed by atoms with Crippen LogP contribution in [0.2, 0.25) is 0 Å². The van der Waals surface area contributed by atoms with Gasteiger partial charge in [0.05, 0.1) is 0 Å². The van der Waals surface area contributed by atoms with E-state index in [-0.39, 0.29) is 5.82 Å². The van der Waals surface area contributed by atoms with Crippen LogP contribution in [0, 0.1) is 12.7 Å². The molecule has 0 saturated heterocycles. The minimum Gasteiger partial charge on any atom is -0.355 e. The third kappa shape index (κ3) is 3.33. The predicted molar refractivity (Wildman–Crippen MR) is 80.2 cm³/mol. The van der Waals surface area contributed by atoms with E-state index in [4.69, 9.17) is 5.73 Å². The number of aryl methyl sites for hydroxylation is 1. The predicted octanol–water partition coefficient (Wildman–Crippen LogP) is 2.67. The fourth-order valence-electron chi connectivity index (χ4n) is 2.29. The molecule has 0 aliphatic rings. The first-order valence-electron chi connectivity index (χ1n) is 6.72. The van der Waals surface area contributed by atoms with E-state index in [1.54, 1.807) is 12.1 Å². The van der Waals surface area contributed by atoms with Crippen LogP contribution in [-0.2, 0) is 13.0 Å². The van der Waals surface area contributed by atoms with Gasteiger partial charge in [-0.1, -0.05) is 24.3 Å². The van der Waals surface area contributed by atoms with Crippen molar-refractivity contribution in [3.05, 3.63) is 59.0 Å². The highest BCUT2D eigenvalue weighted by Gasteiger charge is 2.10. The third-order valence-corrected chi connectivity index (χ3v) is 3.27. The summed E-state index contributed by atoms with van der Waals surface area (Å²) in [5, 5.41) is 0. The van der Waals surface area contributed by atoms with Gasteiger partial charge in [0, 0.05) is 25.4 Å². The summed E-state index contributed by atoms with van der Waals surface area (Å²) in [5.74, 6) is 0.686. The maximum Gasteiger partial charge on any atom is 0.131 e. The molecule has 4 heteroatoms. The van der Waals surface area contributed by atoms with E-state index in [1.165, 1.54) is 6.07 Å². The van der Waals surface area contributed by atoms with Crippen molar-refractivity contribution >= 4 is 5.82 Å². The van der Waals surface area contributed by atoms with Gasteiger partial charge < -0.3 is 10.6 Å². The minimum atomic E-state index is -0.184. The van der Waals surface area contributed by atoms with Gasteiger partial charge in [0.15, 0.2) is 0 Å². The summed E-state index contributed by atoms with van der Waals surface area (Å²) in [6.07, 6.45) is 2.66. The fraction of sp³-hybridized carbons (Fsp3) is 0.312. The molecule has 0 bridgehead atoms. The quantitative estimate of drug-likeness (QED) is 0.910. The molecule has 3 nitrogen and oxygen atoms in total. The maximum atomic E-state index is 13.7. The smallest absolute Gasteiger partial charge is 0.131 e. The number of nitrogens with zero attached hydrogens (tertiary/aromatic N) is 2. The molecule has 2 rings (SSSR count). The van der Waals surface area contributed by atoms with Gasteiger partial charge >= 0.3 is 0 Å². The zero-order chi connectivity index (χ0) is 14.5. The lowest BCUT2D eigenvalue weighted by Crippen LogP contribution is -2.19. The van der Waals surface area contributed by atoms with Crippen molar-refractivity contribution in [3.63, 3.8) is 0 Å². The van der Waals surface area contributed by atoms with Gasteiger partial charge in [-0.15, -0.1) is 0 Å². The van der Waals surface area contributed by atoms with Crippen LogP contribution in [0.3, 0.4) is 0 Å². The number of halogens is 1. The van der Waals surface area contributed by atoms with Crippen molar-refractivity contribution < 1.29 is 4.39 Å². The Morgan fingerprint density at radius 2 is 2.05 bits per heavy atom. The first kappa shape index (κ1) is 14.5. The zero-order valence-electron chi connectivity index (χ0n) is 11.9. The standard InChI is InChI=1S/C16H20FN3/c1-12-9-13(7-8-18)10-19-16(12)20(2)11-14-5-3-4-6-15(14)17/h3-6,9-10H,7-8,11,18H2,1-2H3. The molecule has 2 aromatic rings. The number of benzene rings is 1. The summed E-state index contributed by atoms with van der Waals surface area (Å²) in [6, 6.07) is 8.91. The normalized spacial score (nSPS) is 10.6. The van der Waals surface area contributed by atoms with Crippen LogP contribution in [0.25, 0.3) is 0 Å². The summed E-state index contributed by atoms with van der Waals surface area (Å²) in [5.41, 5.74) is 8.43. The van der Waals surface area contributed by atoms with Crippen LogP contribution < -0.4 is 10.6 Å². The van der Waals surface area contributed by atoms with E-state index >= 15 is 0 Å². The highest BCUT2D eigenvalue weighted by Crippen LogP contribution is 2.19. The lowest BCUT2D eigenvalue weighted by molar-refractivity contribution is 0.607. The largest absolute Gasteiger partial charge is 0.355 e. The fourth-order valence-corrected chi connectivity index (χ4v) is 2.29. The molecule has 0 radical (unpaired) electrons. The van der Waals surface area contributed by atoms with E-state index in [1.807, 2.05) is 31.1 Å². The number of hydrogen-bond donors (Lipinski definition) is 1. The Morgan fingerprint density at radius 3 is 2.70 bits per heavy atom. The third-order valence-electron chi connectivity index (χ3n) is 3.27. The monoisotopic (exact) mass is 273 g/mol. The number of hydrogen-bond acceptors (Lipinski definition) is 3. The van der Waals surface area contributed by atoms with E-state index in [0.717, 1.165) is 23.4 Å². The van der Waals surface area contributed by atoms with Crippen LogP contribution in [0.15, 0.2) is 36.5 Å². The van der Waals surface area contributed by atoms with Crippen LogP contribution in [0.4, 0.5) is 10.2 Å². The Bertz CT molecular complexity index is 584. The minimum absolute atomic E-state index is 0.184. The Hall–Kier alpha value is -1.94. The van der Waals surface area contributed by atoms with E-state index in [0.29, 0.717) is 18.7 Å². The second-order valence-electron chi connectivity index (χ2n) is 4.97. The van der Waals surface area contributed by atoms with Crippen LogP contribution in [0.1, 0.15) is 16.7 Å². The molecule has 106 valence electrons. The highest BCUT2D eigenvalue weighted by atomic mass is 19.1. The molecule has 20 heavy (non-hydrogen) atoms. The molecule has 0 fully saturated rings. The summed E-state index contributed by atoms with van der Waals surface area (Å²) in [6.45, 7) is 3.13. The van der Waals surface area contributed by atoms with Crippen molar-refractivity contribution in [1.29, 1.82) is 0 Å². The van der Waals surface area contributed by atoms with Gasteiger partial charge in [0.1, 0.15) is 11.6 Å². The molecule has 0 aliphatic heterocycles. The second-order valence-corrected chi connectivity index (χ2v) is 4.97. The van der Waals surface area contributed by atoms with Gasteiger partial charge in [-0.05, 0) is 37.1 Å². The topological polar surface area (TPSA) is 42.1 Å². The van der Waals surface area contributed by atoms with Crippen LogP contribution in [0.5, 0.6) is 0 Å². The zero-order valence-corrected chi connectivity index (χ0v) is 11.9. The van der Waals surface area contributed by atoms with E-state index < -0.39 is 0 Å². The first-order valence-corrected chi connectivity index (χ1v) is 6.72. The Balaban J connectivity index is 2.17. The Kier molecular flexibility index (Phi) is 4.69. The molecule has 1 aromatic carbocycles. The molecule has 0 spiro atoms. The Morgan fingerprint density at radius 1 is 1.30 bits per heavy atom. The molecule has 1 aromatic heterocycles. The lowest BCUT2D eigenvalue weighted by Gasteiger charge is -2.21. The SMILES string of the molecule is Cc1cc(CCN)cnc1N(C)Cc1ccccc1F. The molecule has 0 atom stereocenters. The van der Waals surface area contributed by atoms with Gasteiger partial charge in [0.2, 0.25) is 0 Å². The van der Waals surface area contributed by atoms with Crippen LogP contribution in [-0.4, -0.2) is 18.6 Å². The number of aromatic nitrogens is 1. The molecular weight excluding hydrogens is 253 g/mol. The average molecular weight is 273 g/mol.